The Balaban J connectivity index is 2.34. The Morgan fingerprint density at radius 2 is 2.00 bits per heavy atom. The second-order valence-electron chi connectivity index (χ2n) is 3.95. The Hall–Kier alpha value is -2.26. The molecule has 1 aromatic carbocycles. The Bertz CT molecular complexity index is 721. The molecule has 0 saturated heterocycles. The van der Waals surface area contributed by atoms with Crippen LogP contribution in [0.2, 0.25) is 0 Å². The molecular weight excluding hydrogens is 284 g/mol. The van der Waals surface area contributed by atoms with Crippen LogP contribution in [0.15, 0.2) is 35.4 Å². The van der Waals surface area contributed by atoms with Gasteiger partial charge in [0.25, 0.3) is 10.0 Å². The third-order valence-corrected chi connectivity index (χ3v) is 3.90. The summed E-state index contributed by atoms with van der Waals surface area (Å²) in [5.74, 6) is -0.659. The van der Waals surface area contributed by atoms with E-state index in [1.54, 1.807) is 0 Å². The summed E-state index contributed by atoms with van der Waals surface area (Å²) in [5, 5.41) is 16.6. The summed E-state index contributed by atoms with van der Waals surface area (Å²) in [6.07, 6.45) is 1.40. The molecule has 1 aromatic heterocycles. The van der Waals surface area contributed by atoms with E-state index in [1.165, 1.54) is 35.1 Å². The lowest BCUT2D eigenvalue weighted by Crippen LogP contribution is -2.28. The molecule has 0 aliphatic rings. The molecule has 9 heteroatoms. The second-order valence-corrected chi connectivity index (χ2v) is 5.63. The van der Waals surface area contributed by atoms with Crippen molar-refractivity contribution in [3.05, 3.63) is 36.2 Å². The smallest absolute Gasteiger partial charge is 0.264 e. The van der Waals surface area contributed by atoms with Crippen molar-refractivity contribution >= 4 is 15.9 Å². The molecule has 8 nitrogen and oxygen atoms in total. The Morgan fingerprint density at radius 3 is 2.55 bits per heavy atom. The van der Waals surface area contributed by atoms with Crippen LogP contribution in [-0.2, 0) is 21.4 Å². The minimum absolute atomic E-state index is 0.0397. The number of hydrogen-bond donors (Lipinski definition) is 2. The molecule has 0 spiro atoms. The quantitative estimate of drug-likeness (QED) is 0.792. The lowest BCUT2D eigenvalue weighted by molar-refractivity contribution is -0.117. The van der Waals surface area contributed by atoms with Gasteiger partial charge in [-0.15, -0.1) is 5.10 Å². The van der Waals surface area contributed by atoms with E-state index in [1.807, 2.05) is 4.72 Å². The molecule has 0 bridgehead atoms. The number of nitrogens with zero attached hydrogens (tertiary/aromatic N) is 3. The number of aliphatic hydroxyl groups excluding tert-OH is 1. The zero-order valence-corrected chi connectivity index (χ0v) is 11.3. The average molecular weight is 296 g/mol. The van der Waals surface area contributed by atoms with Crippen LogP contribution in [0.3, 0.4) is 0 Å². The predicted molar refractivity (Wildman–Crippen MR) is 68.3 cm³/mol. The first-order valence-corrected chi connectivity index (χ1v) is 7.06. The van der Waals surface area contributed by atoms with Gasteiger partial charge < -0.3 is 5.11 Å². The van der Waals surface area contributed by atoms with Crippen molar-refractivity contribution in [1.29, 1.82) is 0 Å². The maximum absolute atomic E-state index is 11.8. The molecule has 0 fully saturated rings. The van der Waals surface area contributed by atoms with Gasteiger partial charge in [0, 0.05) is 6.92 Å². The van der Waals surface area contributed by atoms with Gasteiger partial charge in [0.1, 0.15) is 0 Å². The highest BCUT2D eigenvalue weighted by atomic mass is 32.2. The molecule has 2 aromatic rings. The Labute approximate surface area is 115 Å². The fourth-order valence-electron chi connectivity index (χ4n) is 1.60. The van der Waals surface area contributed by atoms with Crippen LogP contribution >= 0.6 is 0 Å². The summed E-state index contributed by atoms with van der Waals surface area (Å²) in [6.45, 7) is 0.883. The molecule has 106 valence electrons. The minimum Gasteiger partial charge on any atom is -0.390 e. The van der Waals surface area contributed by atoms with Crippen molar-refractivity contribution in [2.24, 2.45) is 0 Å². The fourth-order valence-corrected chi connectivity index (χ4v) is 2.59. The van der Waals surface area contributed by atoms with Gasteiger partial charge in [-0.1, -0.05) is 5.21 Å². The molecule has 0 unspecified atom stereocenters. The van der Waals surface area contributed by atoms with E-state index < -0.39 is 15.9 Å². The first kappa shape index (κ1) is 14.2. The van der Waals surface area contributed by atoms with Crippen molar-refractivity contribution in [3.8, 4) is 5.69 Å². The summed E-state index contributed by atoms with van der Waals surface area (Å²) in [4.78, 5) is 10.8. The summed E-state index contributed by atoms with van der Waals surface area (Å²) in [7, 11) is -3.86. The maximum atomic E-state index is 11.8. The summed E-state index contributed by atoms with van der Waals surface area (Å²) in [6, 6.07) is 5.68. The molecule has 0 atom stereocenters. The van der Waals surface area contributed by atoms with Crippen LogP contribution in [0.5, 0.6) is 0 Å². The van der Waals surface area contributed by atoms with E-state index in [0.29, 0.717) is 11.4 Å². The molecule has 2 N–H and O–H groups in total. The van der Waals surface area contributed by atoms with E-state index >= 15 is 0 Å². The molecule has 20 heavy (non-hydrogen) atoms. The summed E-state index contributed by atoms with van der Waals surface area (Å²) in [5.41, 5.74) is 1.02. The molecule has 0 aliphatic heterocycles. The SMILES string of the molecule is CC(=O)NS(=O)(=O)c1ccc(-n2nncc2CO)cc1. The molecule has 0 saturated carbocycles. The minimum atomic E-state index is -3.86. The van der Waals surface area contributed by atoms with Crippen LogP contribution in [0.1, 0.15) is 12.6 Å². The number of amides is 1. The number of carbonyl (C=O) groups is 1. The molecular formula is C11H12N4O4S. The van der Waals surface area contributed by atoms with E-state index in [-0.39, 0.29) is 11.5 Å². The van der Waals surface area contributed by atoms with E-state index in [9.17, 15) is 13.2 Å². The van der Waals surface area contributed by atoms with Crippen LogP contribution in [0.4, 0.5) is 0 Å². The number of aliphatic hydroxyl groups is 1. The van der Waals surface area contributed by atoms with Gasteiger partial charge in [0.15, 0.2) is 0 Å². The second kappa shape index (κ2) is 5.39. The van der Waals surface area contributed by atoms with Crippen molar-refractivity contribution in [1.82, 2.24) is 19.7 Å². The highest BCUT2D eigenvalue weighted by Crippen LogP contribution is 2.14. The zero-order valence-electron chi connectivity index (χ0n) is 10.5. The van der Waals surface area contributed by atoms with Crippen molar-refractivity contribution in [2.45, 2.75) is 18.4 Å². The number of aromatic nitrogens is 3. The first-order chi connectivity index (χ1) is 9.44. The van der Waals surface area contributed by atoms with Gasteiger partial charge in [-0.25, -0.2) is 17.8 Å². The van der Waals surface area contributed by atoms with Gasteiger partial charge in [-0.3, -0.25) is 4.79 Å². The third-order valence-electron chi connectivity index (χ3n) is 2.45. The van der Waals surface area contributed by atoms with Gasteiger partial charge in [0.2, 0.25) is 5.91 Å². The summed E-state index contributed by atoms with van der Waals surface area (Å²) >= 11 is 0. The third kappa shape index (κ3) is 2.83. The number of benzene rings is 1. The van der Waals surface area contributed by atoms with Crippen LogP contribution in [0.25, 0.3) is 5.69 Å². The molecule has 2 rings (SSSR count). The number of sulfonamides is 1. The highest BCUT2D eigenvalue weighted by Gasteiger charge is 2.15. The number of carbonyl (C=O) groups excluding carboxylic acids is 1. The molecule has 0 aliphatic carbocycles. The number of nitrogens with one attached hydrogen (secondary N) is 1. The number of rotatable bonds is 4. The van der Waals surface area contributed by atoms with E-state index in [2.05, 4.69) is 10.3 Å². The Morgan fingerprint density at radius 1 is 1.35 bits per heavy atom. The lowest BCUT2D eigenvalue weighted by Gasteiger charge is -2.07. The number of hydrogen-bond acceptors (Lipinski definition) is 6. The molecule has 1 heterocycles. The molecule has 1 amide bonds. The first-order valence-electron chi connectivity index (χ1n) is 5.58. The van der Waals surface area contributed by atoms with Crippen molar-refractivity contribution in [3.63, 3.8) is 0 Å². The van der Waals surface area contributed by atoms with E-state index in [0.717, 1.165) is 6.92 Å². The lowest BCUT2D eigenvalue weighted by atomic mass is 10.3. The summed E-state index contributed by atoms with van der Waals surface area (Å²) < 4.78 is 26.8. The standard InChI is InChI=1S/C11H12N4O4S/c1-8(17)13-20(18,19)11-4-2-9(3-5-11)15-10(7-16)6-12-14-15/h2-6,16H,7H2,1H3,(H,13,17). The largest absolute Gasteiger partial charge is 0.390 e. The van der Waals surface area contributed by atoms with Crippen LogP contribution < -0.4 is 4.72 Å². The van der Waals surface area contributed by atoms with Crippen LogP contribution in [0, 0.1) is 0 Å². The normalized spacial score (nSPS) is 11.3. The van der Waals surface area contributed by atoms with Gasteiger partial charge in [0.05, 0.1) is 29.1 Å². The topological polar surface area (TPSA) is 114 Å². The van der Waals surface area contributed by atoms with Crippen molar-refractivity contribution in [2.75, 3.05) is 0 Å². The predicted octanol–water partition coefficient (Wildman–Crippen LogP) is -0.416. The van der Waals surface area contributed by atoms with Gasteiger partial charge in [-0.05, 0) is 24.3 Å². The van der Waals surface area contributed by atoms with E-state index in [4.69, 9.17) is 5.11 Å². The zero-order chi connectivity index (χ0) is 14.8. The highest BCUT2D eigenvalue weighted by molar-refractivity contribution is 7.90. The monoisotopic (exact) mass is 296 g/mol. The Kier molecular flexibility index (Phi) is 3.81. The fraction of sp³-hybridized carbons (Fsp3) is 0.182. The van der Waals surface area contributed by atoms with Crippen molar-refractivity contribution < 1.29 is 18.3 Å². The molecule has 0 radical (unpaired) electrons. The van der Waals surface area contributed by atoms with Gasteiger partial charge >= 0.3 is 0 Å². The van der Waals surface area contributed by atoms with Crippen LogP contribution in [-0.4, -0.2) is 34.4 Å². The van der Waals surface area contributed by atoms with Gasteiger partial charge in [-0.2, -0.15) is 0 Å². The maximum Gasteiger partial charge on any atom is 0.264 e. The average Bonchev–Trinajstić information content (AvgIpc) is 2.85.